The summed E-state index contributed by atoms with van der Waals surface area (Å²) in [5.41, 5.74) is 1.29. The Hall–Kier alpha value is -2.96. The number of halogens is 3. The van der Waals surface area contributed by atoms with Gasteiger partial charge in [0.2, 0.25) is 5.91 Å². The Morgan fingerprint density at radius 3 is 2.48 bits per heavy atom. The average Bonchev–Trinajstić information content (AvgIpc) is 3.03. The zero-order chi connectivity index (χ0) is 19.6. The van der Waals surface area contributed by atoms with Gasteiger partial charge in [-0.05, 0) is 29.8 Å². The van der Waals surface area contributed by atoms with E-state index in [9.17, 15) is 18.0 Å². The van der Waals surface area contributed by atoms with Crippen LogP contribution in [-0.4, -0.2) is 25.0 Å². The van der Waals surface area contributed by atoms with Crippen molar-refractivity contribution in [3.8, 4) is 5.75 Å². The zero-order valence-electron chi connectivity index (χ0n) is 14.8. The molecule has 0 fully saturated rings. The highest BCUT2D eigenvalue weighted by Crippen LogP contribution is 2.29. The minimum Gasteiger partial charge on any atom is -0.497 e. The summed E-state index contributed by atoms with van der Waals surface area (Å²) in [7, 11) is 3.18. The Balaban J connectivity index is 1.67. The highest BCUT2D eigenvalue weighted by Gasteiger charge is 2.30. The molecule has 0 N–H and O–H groups in total. The molecule has 0 aliphatic heterocycles. The van der Waals surface area contributed by atoms with Crippen molar-refractivity contribution >= 4 is 16.9 Å². The van der Waals surface area contributed by atoms with E-state index in [4.69, 9.17) is 9.15 Å². The van der Waals surface area contributed by atoms with Crippen molar-refractivity contribution in [3.63, 3.8) is 0 Å². The number of ether oxygens (including phenoxy) is 1. The van der Waals surface area contributed by atoms with Crippen LogP contribution in [0.3, 0.4) is 0 Å². The second-order valence-corrected chi connectivity index (χ2v) is 6.24. The summed E-state index contributed by atoms with van der Waals surface area (Å²) in [6.07, 6.45) is -2.70. The lowest BCUT2D eigenvalue weighted by Crippen LogP contribution is -2.27. The Kier molecular flexibility index (Phi) is 5.12. The van der Waals surface area contributed by atoms with Crippen molar-refractivity contribution < 1.29 is 27.1 Å². The van der Waals surface area contributed by atoms with Crippen LogP contribution in [0.4, 0.5) is 13.2 Å². The summed E-state index contributed by atoms with van der Waals surface area (Å²) < 4.78 is 48.5. The molecule has 0 atom stereocenters. The highest BCUT2D eigenvalue weighted by molar-refractivity contribution is 5.88. The van der Waals surface area contributed by atoms with Crippen LogP contribution in [0.2, 0.25) is 0 Å². The van der Waals surface area contributed by atoms with Gasteiger partial charge in [0.15, 0.2) is 0 Å². The lowest BCUT2D eigenvalue weighted by Gasteiger charge is -2.17. The van der Waals surface area contributed by atoms with Crippen LogP contribution in [0.5, 0.6) is 5.75 Å². The average molecular weight is 377 g/mol. The molecule has 27 heavy (non-hydrogen) atoms. The van der Waals surface area contributed by atoms with Crippen LogP contribution in [-0.2, 0) is 23.9 Å². The van der Waals surface area contributed by atoms with Gasteiger partial charge >= 0.3 is 6.18 Å². The van der Waals surface area contributed by atoms with Gasteiger partial charge in [-0.25, -0.2) is 0 Å². The molecule has 142 valence electrons. The summed E-state index contributed by atoms with van der Waals surface area (Å²) in [4.78, 5) is 14.0. The Bertz CT molecular complexity index is 945. The predicted molar refractivity (Wildman–Crippen MR) is 94.4 cm³/mol. The fourth-order valence-corrected chi connectivity index (χ4v) is 2.79. The lowest BCUT2D eigenvalue weighted by atomic mass is 10.1. The van der Waals surface area contributed by atoms with E-state index >= 15 is 0 Å². The molecule has 0 saturated heterocycles. The van der Waals surface area contributed by atoms with E-state index in [1.165, 1.54) is 23.3 Å². The summed E-state index contributed by atoms with van der Waals surface area (Å²) >= 11 is 0. The second kappa shape index (κ2) is 7.34. The van der Waals surface area contributed by atoms with E-state index in [1.807, 2.05) is 6.07 Å². The van der Waals surface area contributed by atoms with E-state index < -0.39 is 11.7 Å². The maximum atomic E-state index is 12.6. The first kappa shape index (κ1) is 18.8. The SMILES string of the molecule is COc1ccc2c(CC(=O)N(C)Cc3ccc(C(F)(F)F)cc3)coc2c1. The third-order valence-corrected chi connectivity index (χ3v) is 4.33. The summed E-state index contributed by atoms with van der Waals surface area (Å²) in [6.45, 7) is 0.223. The number of carbonyl (C=O) groups excluding carboxylic acids is 1. The van der Waals surface area contributed by atoms with Gasteiger partial charge in [-0.15, -0.1) is 0 Å². The smallest absolute Gasteiger partial charge is 0.416 e. The second-order valence-electron chi connectivity index (χ2n) is 6.24. The molecular weight excluding hydrogens is 359 g/mol. The van der Waals surface area contributed by atoms with Gasteiger partial charge in [-0.1, -0.05) is 12.1 Å². The van der Waals surface area contributed by atoms with Crippen molar-refractivity contribution in [2.24, 2.45) is 0 Å². The minimum absolute atomic E-state index is 0.135. The number of nitrogens with zero attached hydrogens (tertiary/aromatic N) is 1. The Morgan fingerprint density at radius 2 is 1.85 bits per heavy atom. The van der Waals surface area contributed by atoms with E-state index in [-0.39, 0.29) is 18.9 Å². The fourth-order valence-electron chi connectivity index (χ4n) is 2.79. The van der Waals surface area contributed by atoms with E-state index in [2.05, 4.69) is 0 Å². The summed E-state index contributed by atoms with van der Waals surface area (Å²) in [6, 6.07) is 10.2. The molecule has 0 bridgehead atoms. The van der Waals surface area contributed by atoms with Crippen LogP contribution >= 0.6 is 0 Å². The topological polar surface area (TPSA) is 42.7 Å². The van der Waals surface area contributed by atoms with Crippen LogP contribution in [0.15, 0.2) is 53.1 Å². The minimum atomic E-state index is -4.37. The quantitative estimate of drug-likeness (QED) is 0.649. The van der Waals surface area contributed by atoms with Crippen molar-refractivity contribution in [3.05, 3.63) is 65.4 Å². The van der Waals surface area contributed by atoms with Crippen molar-refractivity contribution in [1.29, 1.82) is 0 Å². The molecule has 0 unspecified atom stereocenters. The molecule has 0 radical (unpaired) electrons. The lowest BCUT2D eigenvalue weighted by molar-refractivity contribution is -0.137. The van der Waals surface area contributed by atoms with Gasteiger partial charge in [0.25, 0.3) is 0 Å². The third kappa shape index (κ3) is 4.24. The van der Waals surface area contributed by atoms with Gasteiger partial charge in [0, 0.05) is 30.6 Å². The van der Waals surface area contributed by atoms with Crippen LogP contribution in [0, 0.1) is 0 Å². The van der Waals surface area contributed by atoms with Gasteiger partial charge in [0.1, 0.15) is 11.3 Å². The van der Waals surface area contributed by atoms with Gasteiger partial charge < -0.3 is 14.1 Å². The molecule has 2 aromatic carbocycles. The number of benzene rings is 2. The fraction of sp³-hybridized carbons (Fsp3) is 0.250. The number of amides is 1. The number of carbonyl (C=O) groups is 1. The molecule has 1 aromatic heterocycles. The largest absolute Gasteiger partial charge is 0.497 e. The van der Waals surface area contributed by atoms with Crippen molar-refractivity contribution in [2.75, 3.05) is 14.2 Å². The normalized spacial score (nSPS) is 11.6. The van der Waals surface area contributed by atoms with Crippen molar-refractivity contribution in [2.45, 2.75) is 19.1 Å². The maximum absolute atomic E-state index is 12.6. The summed E-state index contributed by atoms with van der Waals surface area (Å²) in [5.74, 6) is 0.502. The maximum Gasteiger partial charge on any atom is 0.416 e. The van der Waals surface area contributed by atoms with E-state index in [1.54, 1.807) is 26.3 Å². The molecule has 3 rings (SSSR count). The first-order valence-electron chi connectivity index (χ1n) is 8.22. The molecule has 3 aromatic rings. The van der Waals surface area contributed by atoms with E-state index in [0.717, 1.165) is 23.1 Å². The highest BCUT2D eigenvalue weighted by atomic mass is 19.4. The van der Waals surface area contributed by atoms with Crippen molar-refractivity contribution in [1.82, 2.24) is 4.90 Å². The molecule has 1 heterocycles. The number of methoxy groups -OCH3 is 1. The molecule has 4 nitrogen and oxygen atoms in total. The van der Waals surface area contributed by atoms with Gasteiger partial charge in [-0.3, -0.25) is 4.79 Å². The number of furan rings is 1. The Morgan fingerprint density at radius 1 is 1.15 bits per heavy atom. The number of hydrogen-bond acceptors (Lipinski definition) is 3. The summed E-state index contributed by atoms with van der Waals surface area (Å²) in [5, 5.41) is 0.826. The van der Waals surface area contributed by atoms with Crippen LogP contribution < -0.4 is 4.74 Å². The molecule has 0 aliphatic carbocycles. The zero-order valence-corrected chi connectivity index (χ0v) is 14.8. The monoisotopic (exact) mass is 377 g/mol. The number of alkyl halides is 3. The predicted octanol–water partition coefficient (Wildman–Crippen LogP) is 4.66. The third-order valence-electron chi connectivity index (χ3n) is 4.33. The number of likely N-dealkylation sites (N-methyl/N-ethyl adjacent to an activating group) is 1. The standard InChI is InChI=1S/C20H18F3NO3/c1-24(11-13-3-5-15(6-4-13)20(21,22)23)19(25)9-14-12-27-18-10-16(26-2)7-8-17(14)18/h3-8,10,12H,9,11H2,1-2H3. The first-order chi connectivity index (χ1) is 12.8. The number of fused-ring (bicyclic) bond motifs is 1. The number of rotatable bonds is 5. The van der Waals surface area contributed by atoms with Gasteiger partial charge in [0.05, 0.1) is 25.4 Å². The molecular formula is C20H18F3NO3. The van der Waals surface area contributed by atoms with Crippen LogP contribution in [0.25, 0.3) is 11.0 Å². The van der Waals surface area contributed by atoms with Crippen LogP contribution in [0.1, 0.15) is 16.7 Å². The molecule has 0 spiro atoms. The molecule has 1 amide bonds. The first-order valence-corrected chi connectivity index (χ1v) is 8.22. The van der Waals surface area contributed by atoms with E-state index in [0.29, 0.717) is 16.9 Å². The molecule has 0 saturated carbocycles. The Labute approximate surface area is 154 Å². The van der Waals surface area contributed by atoms with Gasteiger partial charge in [-0.2, -0.15) is 13.2 Å². The molecule has 0 aliphatic rings. The molecule has 7 heteroatoms. The number of hydrogen-bond donors (Lipinski definition) is 0.